The van der Waals surface area contributed by atoms with Crippen LogP contribution in [0.3, 0.4) is 0 Å². The largest absolute Gasteiger partial charge is 0.477 e. The zero-order valence-corrected chi connectivity index (χ0v) is 14.6. The summed E-state index contributed by atoms with van der Waals surface area (Å²) >= 11 is 6.10. The number of aryl methyl sites for hydroxylation is 1. The second-order valence-corrected chi connectivity index (χ2v) is 6.92. The topological polar surface area (TPSA) is 77.2 Å². The summed E-state index contributed by atoms with van der Waals surface area (Å²) in [5, 5.41) is 8.78. The third-order valence-corrected chi connectivity index (χ3v) is 5.35. The zero-order valence-electron chi connectivity index (χ0n) is 13.8. The highest BCUT2D eigenvalue weighted by Crippen LogP contribution is 2.50. The number of hydrogen-bond donors (Lipinski definition) is 0. The van der Waals surface area contributed by atoms with Gasteiger partial charge < -0.3 is 14.1 Å². The van der Waals surface area contributed by atoms with E-state index in [0.29, 0.717) is 35.3 Å². The Morgan fingerprint density at radius 2 is 2.33 bits per heavy atom. The third-order valence-electron chi connectivity index (χ3n) is 5.09. The molecular formula is C16H20ClN5O2. The van der Waals surface area contributed by atoms with E-state index in [4.69, 9.17) is 20.8 Å². The van der Waals surface area contributed by atoms with Crippen molar-refractivity contribution in [1.29, 1.82) is 0 Å². The van der Waals surface area contributed by atoms with Crippen LogP contribution in [-0.4, -0.2) is 39.9 Å². The standard InChI is InChI=1S/C16H20ClN5O2/c1-3-23-13-12(17)7-18-15(19-13)22-8-11-5-4-6-16(11,9-22)14-21-20-10(2)24-14/h7,11H,3-6,8-9H2,1-2H3/t11-,16-/m0/s1. The molecule has 24 heavy (non-hydrogen) atoms. The molecule has 0 N–H and O–H groups in total. The van der Waals surface area contributed by atoms with Crippen LogP contribution in [0, 0.1) is 12.8 Å². The Kier molecular flexibility index (Phi) is 3.83. The van der Waals surface area contributed by atoms with E-state index in [1.807, 2.05) is 13.8 Å². The second-order valence-electron chi connectivity index (χ2n) is 6.51. The highest BCUT2D eigenvalue weighted by atomic mass is 35.5. The first kappa shape index (κ1) is 15.6. The van der Waals surface area contributed by atoms with Gasteiger partial charge in [-0.15, -0.1) is 10.2 Å². The SMILES string of the molecule is CCOc1nc(N2C[C@@H]3CCC[C@]3(c3nnc(C)o3)C2)ncc1Cl. The van der Waals surface area contributed by atoms with Crippen molar-refractivity contribution in [2.75, 3.05) is 24.6 Å². The fourth-order valence-corrected chi connectivity index (χ4v) is 4.17. The van der Waals surface area contributed by atoms with Gasteiger partial charge in [0, 0.05) is 20.0 Å². The first-order valence-corrected chi connectivity index (χ1v) is 8.71. The highest BCUT2D eigenvalue weighted by Gasteiger charge is 2.54. The summed E-state index contributed by atoms with van der Waals surface area (Å²) in [5.41, 5.74) is -0.0873. The molecule has 1 saturated heterocycles. The first-order chi connectivity index (χ1) is 11.6. The number of hydrogen-bond acceptors (Lipinski definition) is 7. The van der Waals surface area contributed by atoms with E-state index in [2.05, 4.69) is 25.1 Å². The van der Waals surface area contributed by atoms with Gasteiger partial charge >= 0.3 is 0 Å². The number of anilines is 1. The minimum atomic E-state index is -0.0873. The van der Waals surface area contributed by atoms with Crippen LogP contribution >= 0.6 is 11.6 Å². The Bertz CT molecular complexity index is 752. The van der Waals surface area contributed by atoms with Gasteiger partial charge in [-0.2, -0.15) is 4.98 Å². The maximum Gasteiger partial charge on any atom is 0.237 e. The zero-order chi connectivity index (χ0) is 16.7. The molecule has 1 saturated carbocycles. The maximum atomic E-state index is 6.10. The average Bonchev–Trinajstić information content (AvgIpc) is 3.23. The maximum absolute atomic E-state index is 6.10. The lowest BCUT2D eigenvalue weighted by atomic mass is 9.80. The van der Waals surface area contributed by atoms with Crippen LogP contribution in [0.25, 0.3) is 0 Å². The van der Waals surface area contributed by atoms with Crippen molar-refractivity contribution in [2.45, 2.75) is 38.5 Å². The van der Waals surface area contributed by atoms with Crippen molar-refractivity contribution in [1.82, 2.24) is 20.2 Å². The number of rotatable bonds is 4. The molecule has 0 amide bonds. The minimum Gasteiger partial charge on any atom is -0.477 e. The lowest BCUT2D eigenvalue weighted by Gasteiger charge is -2.24. The van der Waals surface area contributed by atoms with Crippen LogP contribution < -0.4 is 9.64 Å². The number of aromatic nitrogens is 4. The second kappa shape index (κ2) is 5.88. The summed E-state index contributed by atoms with van der Waals surface area (Å²) in [7, 11) is 0. The molecule has 0 aromatic carbocycles. The predicted molar refractivity (Wildman–Crippen MR) is 88.5 cm³/mol. The smallest absolute Gasteiger partial charge is 0.237 e. The summed E-state index contributed by atoms with van der Waals surface area (Å²) in [6, 6.07) is 0. The van der Waals surface area contributed by atoms with Gasteiger partial charge in [0.2, 0.25) is 23.6 Å². The van der Waals surface area contributed by atoms with Crippen molar-refractivity contribution >= 4 is 17.5 Å². The molecule has 3 heterocycles. The van der Waals surface area contributed by atoms with E-state index in [-0.39, 0.29) is 5.41 Å². The predicted octanol–water partition coefficient (Wildman–Crippen LogP) is 2.78. The average molecular weight is 350 g/mol. The summed E-state index contributed by atoms with van der Waals surface area (Å²) in [6.07, 6.45) is 5.00. The lowest BCUT2D eigenvalue weighted by molar-refractivity contribution is 0.299. The van der Waals surface area contributed by atoms with E-state index >= 15 is 0 Å². The third kappa shape index (κ3) is 2.42. The van der Waals surface area contributed by atoms with Crippen molar-refractivity contribution < 1.29 is 9.15 Å². The molecule has 2 aromatic heterocycles. The molecular weight excluding hydrogens is 330 g/mol. The normalized spacial score (nSPS) is 26.0. The fourth-order valence-electron chi connectivity index (χ4n) is 4.02. The molecule has 0 radical (unpaired) electrons. The molecule has 0 unspecified atom stereocenters. The summed E-state index contributed by atoms with van der Waals surface area (Å²) in [4.78, 5) is 11.1. The van der Waals surface area contributed by atoms with E-state index in [9.17, 15) is 0 Å². The number of fused-ring (bicyclic) bond motifs is 1. The number of halogens is 1. The first-order valence-electron chi connectivity index (χ1n) is 8.33. The van der Waals surface area contributed by atoms with Crippen LogP contribution in [0.5, 0.6) is 5.88 Å². The Morgan fingerprint density at radius 1 is 1.46 bits per heavy atom. The fraction of sp³-hybridized carbons (Fsp3) is 0.625. The summed E-state index contributed by atoms with van der Waals surface area (Å²) in [6.45, 7) is 5.93. The molecule has 2 aromatic rings. The lowest BCUT2D eigenvalue weighted by Crippen LogP contribution is -2.32. The molecule has 128 valence electrons. The van der Waals surface area contributed by atoms with Crippen molar-refractivity contribution in [3.63, 3.8) is 0 Å². The number of ether oxygens (including phenoxy) is 1. The van der Waals surface area contributed by atoms with Gasteiger partial charge in [0.05, 0.1) is 18.2 Å². The molecule has 1 aliphatic heterocycles. The van der Waals surface area contributed by atoms with Crippen LogP contribution in [0.2, 0.25) is 5.02 Å². The van der Waals surface area contributed by atoms with Gasteiger partial charge in [0.15, 0.2) is 0 Å². The van der Waals surface area contributed by atoms with E-state index in [0.717, 1.165) is 31.8 Å². The minimum absolute atomic E-state index is 0.0873. The Balaban J connectivity index is 1.65. The molecule has 1 aliphatic carbocycles. The van der Waals surface area contributed by atoms with Gasteiger partial charge in [-0.05, 0) is 25.7 Å². The molecule has 0 spiro atoms. The van der Waals surface area contributed by atoms with Crippen LogP contribution in [0.1, 0.15) is 38.0 Å². The van der Waals surface area contributed by atoms with E-state index < -0.39 is 0 Å². The van der Waals surface area contributed by atoms with Gasteiger partial charge in [-0.3, -0.25) is 0 Å². The van der Waals surface area contributed by atoms with Crippen molar-refractivity contribution in [3.05, 3.63) is 23.0 Å². The van der Waals surface area contributed by atoms with Gasteiger partial charge in [-0.1, -0.05) is 18.0 Å². The van der Waals surface area contributed by atoms with Gasteiger partial charge in [0.25, 0.3) is 0 Å². The number of nitrogens with zero attached hydrogens (tertiary/aromatic N) is 5. The van der Waals surface area contributed by atoms with Crippen LogP contribution in [-0.2, 0) is 5.41 Å². The Morgan fingerprint density at radius 3 is 3.08 bits per heavy atom. The molecule has 2 atom stereocenters. The van der Waals surface area contributed by atoms with Crippen molar-refractivity contribution in [3.8, 4) is 5.88 Å². The van der Waals surface area contributed by atoms with Crippen LogP contribution in [0.15, 0.2) is 10.6 Å². The highest BCUT2D eigenvalue weighted by molar-refractivity contribution is 6.31. The van der Waals surface area contributed by atoms with Crippen LogP contribution in [0.4, 0.5) is 5.95 Å². The molecule has 0 bridgehead atoms. The van der Waals surface area contributed by atoms with E-state index in [1.165, 1.54) is 6.42 Å². The molecule has 4 rings (SSSR count). The van der Waals surface area contributed by atoms with E-state index in [1.54, 1.807) is 6.20 Å². The monoisotopic (exact) mass is 349 g/mol. The molecule has 2 aliphatic rings. The summed E-state index contributed by atoms with van der Waals surface area (Å²) in [5.74, 6) is 2.93. The quantitative estimate of drug-likeness (QED) is 0.839. The summed E-state index contributed by atoms with van der Waals surface area (Å²) < 4.78 is 11.3. The molecule has 8 heteroatoms. The Hall–Kier alpha value is -1.89. The Labute approximate surface area is 145 Å². The van der Waals surface area contributed by atoms with Gasteiger partial charge in [0.1, 0.15) is 5.02 Å². The molecule has 7 nitrogen and oxygen atoms in total. The van der Waals surface area contributed by atoms with Gasteiger partial charge in [-0.25, -0.2) is 4.98 Å². The van der Waals surface area contributed by atoms with Crippen molar-refractivity contribution in [2.24, 2.45) is 5.92 Å². The molecule has 2 fully saturated rings.